The third-order valence-corrected chi connectivity index (χ3v) is 6.09. The third-order valence-electron chi connectivity index (χ3n) is 6.09. The van der Waals surface area contributed by atoms with Crippen LogP contribution in [-0.4, -0.2) is 28.9 Å². The molecule has 4 rings (SSSR count). The molecule has 1 saturated heterocycles. The molecule has 1 aliphatic heterocycles. The summed E-state index contributed by atoms with van der Waals surface area (Å²) in [5.74, 6) is 0.265. The van der Waals surface area contributed by atoms with Gasteiger partial charge in [-0.1, -0.05) is 67.1 Å². The number of carbonyl (C=O) groups excluding carboxylic acids is 2. The summed E-state index contributed by atoms with van der Waals surface area (Å²) in [6.45, 7) is 0.261. The van der Waals surface area contributed by atoms with E-state index in [0.29, 0.717) is 18.8 Å². The van der Waals surface area contributed by atoms with Crippen LogP contribution in [0.5, 0.6) is 0 Å². The van der Waals surface area contributed by atoms with Gasteiger partial charge in [-0.15, -0.1) is 0 Å². The molecule has 0 radical (unpaired) electrons. The number of hydrogen-bond acceptors (Lipinski definition) is 3. The van der Waals surface area contributed by atoms with Crippen molar-refractivity contribution in [2.45, 2.75) is 57.2 Å². The second-order valence-electron chi connectivity index (χ2n) is 7.89. The quantitative estimate of drug-likeness (QED) is 0.711. The summed E-state index contributed by atoms with van der Waals surface area (Å²) < 4.78 is 5.59. The number of fused-ring (bicyclic) bond motifs is 1. The molecule has 0 N–H and O–H groups in total. The Bertz CT molecular complexity index is 805. The van der Waals surface area contributed by atoms with Crippen LogP contribution >= 0.6 is 0 Å². The van der Waals surface area contributed by atoms with Crippen LogP contribution in [0.15, 0.2) is 60.7 Å². The van der Waals surface area contributed by atoms with Crippen molar-refractivity contribution in [3.63, 3.8) is 0 Å². The molecule has 146 valence electrons. The first kappa shape index (κ1) is 18.7. The molecule has 4 nitrogen and oxygen atoms in total. The van der Waals surface area contributed by atoms with E-state index in [2.05, 4.69) is 0 Å². The van der Waals surface area contributed by atoms with Crippen molar-refractivity contribution < 1.29 is 14.3 Å². The van der Waals surface area contributed by atoms with E-state index in [4.69, 9.17) is 4.74 Å². The van der Waals surface area contributed by atoms with Crippen LogP contribution < -0.4 is 0 Å². The van der Waals surface area contributed by atoms with Gasteiger partial charge in [-0.05, 0) is 42.7 Å². The van der Waals surface area contributed by atoms with Crippen molar-refractivity contribution >= 4 is 11.9 Å². The molecule has 3 atom stereocenters. The number of rotatable bonds is 6. The summed E-state index contributed by atoms with van der Waals surface area (Å²) in [6.07, 6.45) is 5.15. The highest BCUT2D eigenvalue weighted by atomic mass is 16.5. The highest BCUT2D eigenvalue weighted by molar-refractivity contribution is 5.86. The number of hydrogen-bond donors (Lipinski definition) is 0. The molecule has 1 aliphatic carbocycles. The molecule has 2 fully saturated rings. The average Bonchev–Trinajstić information content (AvgIpc) is 3.33. The van der Waals surface area contributed by atoms with Gasteiger partial charge in [-0.3, -0.25) is 4.79 Å². The van der Waals surface area contributed by atoms with Gasteiger partial charge in [-0.25, -0.2) is 4.79 Å². The molecule has 0 aromatic heterocycles. The third kappa shape index (κ3) is 4.11. The summed E-state index contributed by atoms with van der Waals surface area (Å²) in [5.41, 5.74) is 2.12. The lowest BCUT2D eigenvalue weighted by Gasteiger charge is -2.29. The lowest BCUT2D eigenvalue weighted by molar-refractivity contribution is -0.155. The van der Waals surface area contributed by atoms with Gasteiger partial charge in [-0.2, -0.15) is 0 Å². The minimum atomic E-state index is -0.428. The predicted octanol–water partition coefficient (Wildman–Crippen LogP) is 4.13. The first-order valence-corrected chi connectivity index (χ1v) is 10.3. The van der Waals surface area contributed by atoms with Crippen molar-refractivity contribution in [1.29, 1.82) is 0 Å². The second-order valence-corrected chi connectivity index (χ2v) is 7.89. The maximum Gasteiger partial charge on any atom is 0.329 e. The SMILES string of the molecule is O=C(OCc1ccccc1)[C@@H]1C[C@@H]2CCC[C@@H]2N1C(=O)CCc1ccccc1. The number of esters is 1. The molecule has 0 spiro atoms. The Balaban J connectivity index is 1.41. The minimum Gasteiger partial charge on any atom is -0.459 e. The van der Waals surface area contributed by atoms with Gasteiger partial charge < -0.3 is 9.64 Å². The number of amides is 1. The van der Waals surface area contributed by atoms with Gasteiger partial charge in [0.1, 0.15) is 12.6 Å². The zero-order valence-corrected chi connectivity index (χ0v) is 16.1. The van der Waals surface area contributed by atoms with Crippen LogP contribution in [0.3, 0.4) is 0 Å². The smallest absolute Gasteiger partial charge is 0.329 e. The van der Waals surface area contributed by atoms with Gasteiger partial charge in [0.05, 0.1) is 0 Å². The molecule has 1 amide bonds. The summed E-state index contributed by atoms with van der Waals surface area (Å²) in [7, 11) is 0. The molecule has 28 heavy (non-hydrogen) atoms. The van der Waals surface area contributed by atoms with E-state index in [-0.39, 0.29) is 24.5 Å². The van der Waals surface area contributed by atoms with Gasteiger partial charge >= 0.3 is 5.97 Å². The molecule has 2 aliphatic rings. The summed E-state index contributed by atoms with van der Waals surface area (Å²) >= 11 is 0. The number of ether oxygens (including phenoxy) is 1. The molecular formula is C24H27NO3. The predicted molar refractivity (Wildman–Crippen MR) is 107 cm³/mol. The molecule has 4 heteroatoms. The van der Waals surface area contributed by atoms with Crippen molar-refractivity contribution in [3.8, 4) is 0 Å². The molecular weight excluding hydrogens is 350 g/mol. The van der Waals surface area contributed by atoms with Gasteiger partial charge in [0, 0.05) is 12.5 Å². The maximum absolute atomic E-state index is 13.1. The topological polar surface area (TPSA) is 46.6 Å². The molecule has 1 saturated carbocycles. The fourth-order valence-electron chi connectivity index (χ4n) is 4.71. The van der Waals surface area contributed by atoms with Crippen LogP contribution in [0, 0.1) is 5.92 Å². The highest BCUT2D eigenvalue weighted by Gasteiger charge is 2.48. The normalized spacial score (nSPS) is 23.4. The highest BCUT2D eigenvalue weighted by Crippen LogP contribution is 2.42. The largest absolute Gasteiger partial charge is 0.459 e. The summed E-state index contributed by atoms with van der Waals surface area (Å²) in [4.78, 5) is 27.8. The number of aryl methyl sites for hydroxylation is 1. The van der Waals surface area contributed by atoms with Gasteiger partial charge in [0.15, 0.2) is 0 Å². The standard InChI is InChI=1S/C24H27NO3/c26-23(15-14-18-8-3-1-4-9-18)25-21-13-7-12-20(21)16-22(25)24(27)28-17-19-10-5-2-6-11-19/h1-6,8-11,20-22H,7,12-17H2/t20-,21-,22-/m0/s1. The molecule has 1 heterocycles. The van der Waals surface area contributed by atoms with Crippen LogP contribution in [0.2, 0.25) is 0 Å². The van der Waals surface area contributed by atoms with E-state index in [1.54, 1.807) is 0 Å². The van der Waals surface area contributed by atoms with Crippen LogP contribution in [-0.2, 0) is 27.4 Å². The first-order chi connectivity index (χ1) is 13.7. The number of carbonyl (C=O) groups is 2. The van der Waals surface area contributed by atoms with Crippen LogP contribution in [0.1, 0.15) is 43.2 Å². The number of likely N-dealkylation sites (tertiary alicyclic amines) is 1. The van der Waals surface area contributed by atoms with E-state index in [1.807, 2.05) is 65.6 Å². The number of benzene rings is 2. The van der Waals surface area contributed by atoms with Crippen molar-refractivity contribution in [2.24, 2.45) is 5.92 Å². The van der Waals surface area contributed by atoms with Crippen LogP contribution in [0.25, 0.3) is 0 Å². The lowest BCUT2D eigenvalue weighted by Crippen LogP contribution is -2.45. The Morgan fingerprint density at radius 2 is 1.61 bits per heavy atom. The van der Waals surface area contributed by atoms with E-state index in [1.165, 1.54) is 0 Å². The second kappa shape index (κ2) is 8.59. The Labute approximate surface area is 166 Å². The van der Waals surface area contributed by atoms with Gasteiger partial charge in [0.2, 0.25) is 5.91 Å². The molecule has 2 aromatic carbocycles. The Morgan fingerprint density at radius 3 is 2.32 bits per heavy atom. The summed E-state index contributed by atoms with van der Waals surface area (Å²) in [5, 5.41) is 0. The zero-order valence-electron chi connectivity index (χ0n) is 16.1. The lowest BCUT2D eigenvalue weighted by atomic mass is 10.0. The van der Waals surface area contributed by atoms with E-state index in [9.17, 15) is 9.59 Å². The monoisotopic (exact) mass is 377 g/mol. The van der Waals surface area contributed by atoms with Crippen LogP contribution in [0.4, 0.5) is 0 Å². The zero-order chi connectivity index (χ0) is 19.3. The minimum absolute atomic E-state index is 0.0833. The fourth-order valence-corrected chi connectivity index (χ4v) is 4.71. The summed E-state index contributed by atoms with van der Waals surface area (Å²) in [6, 6.07) is 19.5. The first-order valence-electron chi connectivity index (χ1n) is 10.3. The average molecular weight is 377 g/mol. The Hall–Kier alpha value is -2.62. The van der Waals surface area contributed by atoms with E-state index >= 15 is 0 Å². The maximum atomic E-state index is 13.1. The Morgan fingerprint density at radius 1 is 0.929 bits per heavy atom. The molecule has 2 aromatic rings. The fraction of sp³-hybridized carbons (Fsp3) is 0.417. The van der Waals surface area contributed by atoms with E-state index < -0.39 is 6.04 Å². The Kier molecular flexibility index (Phi) is 5.75. The van der Waals surface area contributed by atoms with Gasteiger partial charge in [0.25, 0.3) is 0 Å². The van der Waals surface area contributed by atoms with Crippen molar-refractivity contribution in [1.82, 2.24) is 4.90 Å². The van der Waals surface area contributed by atoms with Crippen molar-refractivity contribution in [2.75, 3.05) is 0 Å². The molecule has 0 bridgehead atoms. The van der Waals surface area contributed by atoms with Crippen molar-refractivity contribution in [3.05, 3.63) is 71.8 Å². The number of nitrogens with zero attached hydrogens (tertiary/aromatic N) is 1. The molecule has 0 unspecified atom stereocenters. The van der Waals surface area contributed by atoms with E-state index in [0.717, 1.165) is 36.8 Å².